The molecule has 0 aliphatic carbocycles. The molecule has 8 heteroatoms. The number of hydrogen-bond donors (Lipinski definition) is 1. The highest BCUT2D eigenvalue weighted by Crippen LogP contribution is 2.44. The first-order chi connectivity index (χ1) is 16.9. The van der Waals surface area contributed by atoms with Gasteiger partial charge in [-0.25, -0.2) is 4.98 Å². The normalized spacial score (nSPS) is 17.5. The summed E-state index contributed by atoms with van der Waals surface area (Å²) in [4.78, 5) is 32.5. The standard InChI is InChI=1S/C27H24N2O5S/c1-4-13-33-18-9-7-17(8-10-18)24(30)22-23(20-12-6-16(3)34-20)29(26(32)25(22)31)27-28-19-11-5-15(2)14-21(19)35-27/h5-12,14,23,30H,4,13H2,1-3H3/b24-22+. The number of aliphatic hydroxyl groups excluding tert-OH is 1. The monoisotopic (exact) mass is 488 g/mol. The van der Waals surface area contributed by atoms with Gasteiger partial charge >= 0.3 is 5.91 Å². The molecule has 1 N–H and O–H groups in total. The van der Waals surface area contributed by atoms with Gasteiger partial charge in [0.25, 0.3) is 5.78 Å². The van der Waals surface area contributed by atoms with E-state index in [1.807, 2.05) is 32.0 Å². The second kappa shape index (κ2) is 9.03. The third kappa shape index (κ3) is 4.10. The van der Waals surface area contributed by atoms with Crippen LogP contribution in [0.1, 0.15) is 42.0 Å². The summed E-state index contributed by atoms with van der Waals surface area (Å²) in [5.74, 6) is -0.159. The van der Waals surface area contributed by atoms with Crippen molar-refractivity contribution in [1.29, 1.82) is 0 Å². The lowest BCUT2D eigenvalue weighted by Crippen LogP contribution is -2.29. The van der Waals surface area contributed by atoms with E-state index in [0.29, 0.717) is 34.6 Å². The molecule has 0 spiro atoms. The molecular weight excluding hydrogens is 464 g/mol. The Bertz CT molecular complexity index is 1460. The SMILES string of the molecule is CCCOc1ccc(/C(O)=C2\C(=O)C(=O)N(c3nc4ccc(C)cc4s3)C2c2ccc(C)o2)cc1. The van der Waals surface area contributed by atoms with Gasteiger partial charge in [-0.3, -0.25) is 14.5 Å². The fourth-order valence-corrected chi connectivity index (χ4v) is 5.20. The van der Waals surface area contributed by atoms with Gasteiger partial charge in [0.05, 0.1) is 22.4 Å². The summed E-state index contributed by atoms with van der Waals surface area (Å²) >= 11 is 1.32. The maximum Gasteiger partial charge on any atom is 0.302 e. The number of carbonyl (C=O) groups excluding carboxylic acids is 2. The van der Waals surface area contributed by atoms with Crippen molar-refractivity contribution in [2.45, 2.75) is 33.2 Å². The topological polar surface area (TPSA) is 92.9 Å². The zero-order chi connectivity index (χ0) is 24.7. The predicted octanol–water partition coefficient (Wildman–Crippen LogP) is 5.92. The Labute approximate surface area is 206 Å². The molecule has 7 nitrogen and oxygen atoms in total. The fourth-order valence-electron chi connectivity index (χ4n) is 4.11. The van der Waals surface area contributed by atoms with E-state index >= 15 is 0 Å². The summed E-state index contributed by atoms with van der Waals surface area (Å²) in [6.45, 7) is 6.36. The highest BCUT2D eigenvalue weighted by atomic mass is 32.1. The minimum absolute atomic E-state index is 0.0398. The number of furan rings is 1. The number of ketones is 1. The van der Waals surface area contributed by atoms with E-state index in [9.17, 15) is 14.7 Å². The van der Waals surface area contributed by atoms with E-state index in [1.165, 1.54) is 16.2 Å². The summed E-state index contributed by atoms with van der Waals surface area (Å²) in [7, 11) is 0. The first-order valence-electron chi connectivity index (χ1n) is 11.3. The van der Waals surface area contributed by atoms with Crippen molar-refractivity contribution in [3.8, 4) is 5.75 Å². The second-order valence-electron chi connectivity index (χ2n) is 8.46. The van der Waals surface area contributed by atoms with E-state index < -0.39 is 17.7 Å². The molecule has 35 heavy (non-hydrogen) atoms. The van der Waals surface area contributed by atoms with Crippen LogP contribution in [0.15, 0.2) is 64.6 Å². The number of carbonyl (C=O) groups is 2. The van der Waals surface area contributed by atoms with Crippen molar-refractivity contribution >= 4 is 44.1 Å². The van der Waals surface area contributed by atoms with Gasteiger partial charge in [-0.2, -0.15) is 0 Å². The molecule has 3 heterocycles. The zero-order valence-corrected chi connectivity index (χ0v) is 20.4. The number of Topliss-reactive ketones (excluding diaryl/α,β-unsaturated/α-hetero) is 1. The molecule has 5 rings (SSSR count). The maximum absolute atomic E-state index is 13.3. The Morgan fingerprint density at radius 3 is 2.57 bits per heavy atom. The van der Waals surface area contributed by atoms with Crippen LogP contribution in [0.5, 0.6) is 5.75 Å². The fraction of sp³-hybridized carbons (Fsp3) is 0.222. The Morgan fingerprint density at radius 1 is 1.11 bits per heavy atom. The van der Waals surface area contributed by atoms with Crippen molar-refractivity contribution < 1.29 is 23.8 Å². The highest BCUT2D eigenvalue weighted by molar-refractivity contribution is 7.22. The number of aromatic nitrogens is 1. The third-order valence-corrected chi connectivity index (χ3v) is 6.83. The summed E-state index contributed by atoms with van der Waals surface area (Å²) in [6, 6.07) is 15.1. The lowest BCUT2D eigenvalue weighted by atomic mass is 9.99. The van der Waals surface area contributed by atoms with Crippen molar-refractivity contribution in [2.24, 2.45) is 0 Å². The first-order valence-corrected chi connectivity index (χ1v) is 12.2. The molecule has 1 fully saturated rings. The Hall–Kier alpha value is -3.91. The summed E-state index contributed by atoms with van der Waals surface area (Å²) in [6.07, 6.45) is 0.874. The van der Waals surface area contributed by atoms with Crippen LogP contribution in [-0.2, 0) is 9.59 Å². The number of ether oxygens (including phenoxy) is 1. The smallest absolute Gasteiger partial charge is 0.302 e. The molecule has 0 radical (unpaired) electrons. The van der Waals surface area contributed by atoms with Crippen LogP contribution in [0.3, 0.4) is 0 Å². The van der Waals surface area contributed by atoms with E-state index in [2.05, 4.69) is 4.98 Å². The largest absolute Gasteiger partial charge is 0.507 e. The number of nitrogens with zero attached hydrogens (tertiary/aromatic N) is 2. The van der Waals surface area contributed by atoms with Crippen LogP contribution in [0.4, 0.5) is 5.13 Å². The molecule has 1 aliphatic rings. The van der Waals surface area contributed by atoms with Gasteiger partial charge in [-0.05, 0) is 74.4 Å². The van der Waals surface area contributed by atoms with Crippen LogP contribution in [-0.4, -0.2) is 28.4 Å². The third-order valence-electron chi connectivity index (χ3n) is 5.81. The Balaban J connectivity index is 1.63. The molecule has 1 unspecified atom stereocenters. The average Bonchev–Trinajstić information content (AvgIpc) is 3.53. The quantitative estimate of drug-likeness (QED) is 0.206. The number of fused-ring (bicyclic) bond motifs is 1. The number of amides is 1. The predicted molar refractivity (Wildman–Crippen MR) is 135 cm³/mol. The van der Waals surface area contributed by atoms with E-state index in [4.69, 9.17) is 9.15 Å². The van der Waals surface area contributed by atoms with Gasteiger partial charge in [0.1, 0.15) is 29.1 Å². The van der Waals surface area contributed by atoms with Crippen LogP contribution < -0.4 is 9.64 Å². The van der Waals surface area contributed by atoms with Gasteiger partial charge in [-0.15, -0.1) is 0 Å². The Morgan fingerprint density at radius 2 is 1.89 bits per heavy atom. The molecule has 1 saturated heterocycles. The zero-order valence-electron chi connectivity index (χ0n) is 19.6. The van der Waals surface area contributed by atoms with Crippen LogP contribution in [0.25, 0.3) is 16.0 Å². The number of hydrogen-bond acceptors (Lipinski definition) is 7. The van der Waals surface area contributed by atoms with Crippen LogP contribution in [0, 0.1) is 13.8 Å². The first kappa shape index (κ1) is 22.9. The number of rotatable bonds is 6. The van der Waals surface area contributed by atoms with Crippen molar-refractivity contribution in [3.63, 3.8) is 0 Å². The molecule has 4 aromatic rings. The molecular formula is C27H24N2O5S. The van der Waals surface area contributed by atoms with Gasteiger partial charge in [0, 0.05) is 5.56 Å². The molecule has 2 aromatic heterocycles. The van der Waals surface area contributed by atoms with Gasteiger partial charge < -0.3 is 14.3 Å². The number of benzene rings is 2. The summed E-state index contributed by atoms with van der Waals surface area (Å²) in [5, 5.41) is 11.6. The molecule has 1 atom stereocenters. The lowest BCUT2D eigenvalue weighted by molar-refractivity contribution is -0.132. The minimum atomic E-state index is -0.943. The molecule has 178 valence electrons. The Kier molecular flexibility index (Phi) is 5.90. The van der Waals surface area contributed by atoms with Gasteiger partial charge in [0.15, 0.2) is 5.13 Å². The van der Waals surface area contributed by atoms with Crippen molar-refractivity contribution in [3.05, 3.63) is 82.8 Å². The number of thiazole rings is 1. The highest BCUT2D eigenvalue weighted by Gasteiger charge is 2.49. The van der Waals surface area contributed by atoms with Gasteiger partial charge in [0.2, 0.25) is 0 Å². The van der Waals surface area contributed by atoms with Crippen molar-refractivity contribution in [2.75, 3.05) is 11.5 Å². The molecule has 0 saturated carbocycles. The van der Waals surface area contributed by atoms with E-state index in [1.54, 1.807) is 43.3 Å². The number of aliphatic hydroxyl groups is 1. The molecule has 0 bridgehead atoms. The van der Waals surface area contributed by atoms with E-state index in [-0.39, 0.29) is 11.3 Å². The van der Waals surface area contributed by atoms with Crippen LogP contribution >= 0.6 is 11.3 Å². The lowest BCUT2D eigenvalue weighted by Gasteiger charge is -2.20. The molecule has 2 aromatic carbocycles. The summed E-state index contributed by atoms with van der Waals surface area (Å²) < 4.78 is 12.4. The summed E-state index contributed by atoms with van der Waals surface area (Å²) in [5.41, 5.74) is 2.16. The average molecular weight is 489 g/mol. The van der Waals surface area contributed by atoms with E-state index in [0.717, 1.165) is 22.2 Å². The molecule has 1 aliphatic heterocycles. The number of anilines is 1. The molecule has 1 amide bonds. The number of aryl methyl sites for hydroxylation is 2. The maximum atomic E-state index is 13.3. The van der Waals surface area contributed by atoms with Gasteiger partial charge in [-0.1, -0.05) is 24.3 Å². The second-order valence-corrected chi connectivity index (χ2v) is 9.47. The van der Waals surface area contributed by atoms with Crippen LogP contribution in [0.2, 0.25) is 0 Å². The van der Waals surface area contributed by atoms with Crippen molar-refractivity contribution in [1.82, 2.24) is 4.98 Å². The minimum Gasteiger partial charge on any atom is -0.507 e.